The van der Waals surface area contributed by atoms with E-state index in [9.17, 15) is 4.79 Å². The van der Waals surface area contributed by atoms with Gasteiger partial charge in [-0.2, -0.15) is 4.98 Å². The predicted molar refractivity (Wildman–Crippen MR) is 80.4 cm³/mol. The molecule has 0 saturated carbocycles. The molecule has 3 heterocycles. The van der Waals surface area contributed by atoms with Crippen LogP contribution in [0.15, 0.2) is 27.3 Å². The van der Waals surface area contributed by atoms with Gasteiger partial charge in [-0.25, -0.2) is 0 Å². The number of piperazine rings is 1. The van der Waals surface area contributed by atoms with Crippen LogP contribution >= 0.6 is 0 Å². The van der Waals surface area contributed by atoms with Crippen molar-refractivity contribution in [2.45, 2.75) is 13.0 Å². The van der Waals surface area contributed by atoms with Crippen molar-refractivity contribution >= 4 is 5.91 Å². The number of carbonyl (C=O) groups is 1. The standard InChI is InChI=1S/C15H20N4O4/c1-11(15-16-14(17-23-15)12-4-3-9-22-12)18-5-7-19(8-6-18)13(20)10-21-2/h3-4,9,11H,5-8,10H2,1-2H3/t11-/m1/s1. The maximum atomic E-state index is 11.8. The van der Waals surface area contributed by atoms with Gasteiger partial charge in [0.1, 0.15) is 6.61 Å². The van der Waals surface area contributed by atoms with Crippen molar-refractivity contribution in [3.05, 3.63) is 24.3 Å². The summed E-state index contributed by atoms with van der Waals surface area (Å²) in [6.45, 7) is 5.01. The van der Waals surface area contributed by atoms with E-state index >= 15 is 0 Å². The molecule has 1 amide bonds. The molecule has 8 nitrogen and oxygen atoms in total. The Labute approximate surface area is 134 Å². The Morgan fingerprint density at radius 3 is 2.83 bits per heavy atom. The lowest BCUT2D eigenvalue weighted by molar-refractivity contribution is -0.137. The number of ether oxygens (including phenoxy) is 1. The van der Waals surface area contributed by atoms with E-state index in [1.165, 1.54) is 7.11 Å². The summed E-state index contributed by atoms with van der Waals surface area (Å²) < 4.78 is 15.5. The van der Waals surface area contributed by atoms with E-state index in [0.29, 0.717) is 30.6 Å². The number of aromatic nitrogens is 2. The summed E-state index contributed by atoms with van der Waals surface area (Å²) in [6.07, 6.45) is 1.57. The lowest BCUT2D eigenvalue weighted by atomic mass is 10.2. The van der Waals surface area contributed by atoms with Crippen LogP contribution in [0.25, 0.3) is 11.6 Å². The number of hydrogen-bond donors (Lipinski definition) is 0. The van der Waals surface area contributed by atoms with Crippen molar-refractivity contribution in [3.63, 3.8) is 0 Å². The van der Waals surface area contributed by atoms with E-state index in [0.717, 1.165) is 13.1 Å². The summed E-state index contributed by atoms with van der Waals surface area (Å²) in [6, 6.07) is 3.57. The van der Waals surface area contributed by atoms with Crippen LogP contribution in [0, 0.1) is 0 Å². The number of carbonyl (C=O) groups excluding carboxylic acids is 1. The zero-order chi connectivity index (χ0) is 16.2. The first kappa shape index (κ1) is 15.7. The third-order valence-electron chi connectivity index (χ3n) is 4.02. The van der Waals surface area contributed by atoms with Crippen LogP contribution < -0.4 is 0 Å². The second-order valence-corrected chi connectivity index (χ2v) is 5.46. The van der Waals surface area contributed by atoms with Crippen molar-refractivity contribution < 1.29 is 18.5 Å². The lowest BCUT2D eigenvalue weighted by Gasteiger charge is -2.36. The first-order valence-corrected chi connectivity index (χ1v) is 7.57. The Balaban J connectivity index is 1.59. The molecular formula is C15H20N4O4. The molecule has 0 bridgehead atoms. The Bertz CT molecular complexity index is 632. The van der Waals surface area contributed by atoms with Crippen molar-refractivity contribution in [1.29, 1.82) is 0 Å². The average Bonchev–Trinajstić information content (AvgIpc) is 3.25. The molecule has 0 spiro atoms. The second-order valence-electron chi connectivity index (χ2n) is 5.46. The number of rotatable bonds is 5. The fourth-order valence-corrected chi connectivity index (χ4v) is 2.64. The van der Waals surface area contributed by atoms with Crippen LogP contribution in [0.2, 0.25) is 0 Å². The zero-order valence-electron chi connectivity index (χ0n) is 13.3. The van der Waals surface area contributed by atoms with Crippen LogP contribution in [0.1, 0.15) is 18.9 Å². The molecule has 1 saturated heterocycles. The fraction of sp³-hybridized carbons (Fsp3) is 0.533. The molecule has 1 fully saturated rings. The van der Waals surface area contributed by atoms with Crippen molar-refractivity contribution in [2.24, 2.45) is 0 Å². The zero-order valence-corrected chi connectivity index (χ0v) is 13.3. The molecule has 23 heavy (non-hydrogen) atoms. The van der Waals surface area contributed by atoms with Gasteiger partial charge in [-0.05, 0) is 19.1 Å². The van der Waals surface area contributed by atoms with Gasteiger partial charge in [0.05, 0.1) is 12.3 Å². The van der Waals surface area contributed by atoms with Gasteiger partial charge in [0.2, 0.25) is 17.6 Å². The molecule has 3 rings (SSSR count). The molecule has 2 aromatic heterocycles. The molecule has 1 aliphatic heterocycles. The normalized spacial score (nSPS) is 17.4. The molecule has 0 aliphatic carbocycles. The van der Waals surface area contributed by atoms with Crippen LogP contribution in [-0.2, 0) is 9.53 Å². The SMILES string of the molecule is COCC(=O)N1CCN([C@H](C)c2nc(-c3ccco3)no2)CC1. The quantitative estimate of drug-likeness (QED) is 0.817. The second kappa shape index (κ2) is 6.93. The Morgan fingerprint density at radius 1 is 1.39 bits per heavy atom. The largest absolute Gasteiger partial charge is 0.461 e. The van der Waals surface area contributed by atoms with E-state index < -0.39 is 0 Å². The highest BCUT2D eigenvalue weighted by molar-refractivity contribution is 5.77. The van der Waals surface area contributed by atoms with Crippen LogP contribution in [0.5, 0.6) is 0 Å². The molecule has 124 valence electrons. The van der Waals surface area contributed by atoms with Crippen LogP contribution in [0.4, 0.5) is 0 Å². The maximum Gasteiger partial charge on any atom is 0.248 e. The molecule has 0 unspecified atom stereocenters. The van der Waals surface area contributed by atoms with Gasteiger partial charge in [0.25, 0.3) is 0 Å². The van der Waals surface area contributed by atoms with Crippen molar-refractivity contribution in [2.75, 3.05) is 39.9 Å². The molecule has 8 heteroatoms. The summed E-state index contributed by atoms with van der Waals surface area (Å²) in [7, 11) is 1.53. The minimum atomic E-state index is -0.00844. The monoisotopic (exact) mass is 320 g/mol. The lowest BCUT2D eigenvalue weighted by Crippen LogP contribution is -2.50. The van der Waals surface area contributed by atoms with E-state index in [1.54, 1.807) is 18.4 Å². The molecular weight excluding hydrogens is 300 g/mol. The Kier molecular flexibility index (Phi) is 4.73. The Hall–Kier alpha value is -2.19. The first-order valence-electron chi connectivity index (χ1n) is 7.57. The highest BCUT2D eigenvalue weighted by Crippen LogP contribution is 2.23. The maximum absolute atomic E-state index is 11.8. The number of nitrogens with zero attached hydrogens (tertiary/aromatic N) is 4. The molecule has 0 aromatic carbocycles. The van der Waals surface area contributed by atoms with Crippen LogP contribution in [-0.4, -0.2) is 65.7 Å². The average molecular weight is 320 g/mol. The minimum absolute atomic E-state index is 0.00844. The van der Waals surface area contributed by atoms with Gasteiger partial charge < -0.3 is 18.6 Å². The van der Waals surface area contributed by atoms with E-state index in [2.05, 4.69) is 15.0 Å². The fourth-order valence-electron chi connectivity index (χ4n) is 2.64. The Morgan fingerprint density at radius 2 is 2.17 bits per heavy atom. The molecule has 0 N–H and O–H groups in total. The van der Waals surface area contributed by atoms with Gasteiger partial charge in [-0.15, -0.1) is 0 Å². The van der Waals surface area contributed by atoms with E-state index in [1.807, 2.05) is 11.8 Å². The predicted octanol–water partition coefficient (Wildman–Crippen LogP) is 1.18. The number of amides is 1. The van der Waals surface area contributed by atoms with Crippen molar-refractivity contribution in [3.8, 4) is 11.6 Å². The molecule has 1 aliphatic rings. The third-order valence-corrected chi connectivity index (χ3v) is 4.02. The summed E-state index contributed by atoms with van der Waals surface area (Å²) in [5.74, 6) is 1.61. The highest BCUT2D eigenvalue weighted by atomic mass is 16.5. The molecule has 2 aromatic rings. The summed E-state index contributed by atoms with van der Waals surface area (Å²) >= 11 is 0. The van der Waals surface area contributed by atoms with Crippen molar-refractivity contribution in [1.82, 2.24) is 19.9 Å². The first-order chi connectivity index (χ1) is 11.2. The van der Waals surface area contributed by atoms with Crippen LogP contribution in [0.3, 0.4) is 0 Å². The topological polar surface area (TPSA) is 84.8 Å². The minimum Gasteiger partial charge on any atom is -0.461 e. The number of furan rings is 1. The summed E-state index contributed by atoms with van der Waals surface area (Å²) in [5, 5.41) is 3.95. The van der Waals surface area contributed by atoms with Gasteiger partial charge in [0, 0.05) is 33.3 Å². The van der Waals surface area contributed by atoms with Gasteiger partial charge in [-0.1, -0.05) is 5.16 Å². The number of methoxy groups -OCH3 is 1. The summed E-state index contributed by atoms with van der Waals surface area (Å²) in [5.41, 5.74) is 0. The third kappa shape index (κ3) is 3.43. The van der Waals surface area contributed by atoms with E-state index in [-0.39, 0.29) is 18.6 Å². The summed E-state index contributed by atoms with van der Waals surface area (Å²) in [4.78, 5) is 20.2. The van der Waals surface area contributed by atoms with Gasteiger partial charge >= 0.3 is 0 Å². The van der Waals surface area contributed by atoms with E-state index in [4.69, 9.17) is 13.7 Å². The highest BCUT2D eigenvalue weighted by Gasteiger charge is 2.27. The molecule has 1 atom stereocenters. The number of hydrogen-bond acceptors (Lipinski definition) is 7. The van der Waals surface area contributed by atoms with Gasteiger partial charge in [-0.3, -0.25) is 9.69 Å². The van der Waals surface area contributed by atoms with Gasteiger partial charge in [0.15, 0.2) is 5.76 Å². The smallest absolute Gasteiger partial charge is 0.248 e. The molecule has 0 radical (unpaired) electrons.